The maximum Gasteiger partial charge on any atom is 0.231 e. The number of hydrogen-bond acceptors (Lipinski definition) is 3. The van der Waals surface area contributed by atoms with Crippen molar-refractivity contribution in [1.82, 2.24) is 5.32 Å². The average Bonchev–Trinajstić information content (AvgIpc) is 2.75. The molecule has 0 saturated heterocycles. The van der Waals surface area contributed by atoms with Crippen molar-refractivity contribution >= 4 is 0 Å². The van der Waals surface area contributed by atoms with Crippen molar-refractivity contribution in [3.05, 3.63) is 23.8 Å². The van der Waals surface area contributed by atoms with Crippen molar-refractivity contribution in [3.63, 3.8) is 0 Å². The van der Waals surface area contributed by atoms with E-state index in [1.807, 2.05) is 6.07 Å². The first-order valence-electron chi connectivity index (χ1n) is 6.36. The molecule has 0 aromatic heterocycles. The molecule has 0 saturated carbocycles. The standard InChI is InChI=1S/C14H21NO2/c1-4-5-10(2)15-11(3)12-6-7-13-14(8-12)17-9-16-13/h6-8,10-11,15H,4-5,9H2,1-3H3. The van der Waals surface area contributed by atoms with Gasteiger partial charge >= 0.3 is 0 Å². The molecule has 0 aliphatic carbocycles. The van der Waals surface area contributed by atoms with Crippen LogP contribution in [-0.4, -0.2) is 12.8 Å². The Hall–Kier alpha value is -1.22. The van der Waals surface area contributed by atoms with Gasteiger partial charge in [-0.3, -0.25) is 0 Å². The smallest absolute Gasteiger partial charge is 0.231 e. The summed E-state index contributed by atoms with van der Waals surface area (Å²) in [5.41, 5.74) is 1.25. The zero-order chi connectivity index (χ0) is 12.3. The summed E-state index contributed by atoms with van der Waals surface area (Å²) in [4.78, 5) is 0. The summed E-state index contributed by atoms with van der Waals surface area (Å²) in [6.45, 7) is 6.97. The van der Waals surface area contributed by atoms with Crippen LogP contribution in [0.15, 0.2) is 18.2 Å². The number of fused-ring (bicyclic) bond motifs is 1. The molecule has 3 nitrogen and oxygen atoms in total. The van der Waals surface area contributed by atoms with Crippen molar-refractivity contribution in [2.24, 2.45) is 0 Å². The first-order valence-corrected chi connectivity index (χ1v) is 6.36. The highest BCUT2D eigenvalue weighted by atomic mass is 16.7. The van der Waals surface area contributed by atoms with Crippen LogP contribution in [0.5, 0.6) is 11.5 Å². The van der Waals surface area contributed by atoms with Gasteiger partial charge in [0.1, 0.15) is 0 Å². The van der Waals surface area contributed by atoms with Gasteiger partial charge in [-0.25, -0.2) is 0 Å². The lowest BCUT2D eigenvalue weighted by Crippen LogP contribution is -2.28. The van der Waals surface area contributed by atoms with E-state index in [1.165, 1.54) is 18.4 Å². The molecule has 2 unspecified atom stereocenters. The van der Waals surface area contributed by atoms with Gasteiger partial charge in [-0.1, -0.05) is 19.4 Å². The van der Waals surface area contributed by atoms with Gasteiger partial charge in [0, 0.05) is 12.1 Å². The van der Waals surface area contributed by atoms with Crippen LogP contribution >= 0.6 is 0 Å². The summed E-state index contributed by atoms with van der Waals surface area (Å²) in [6, 6.07) is 7.04. The molecule has 1 N–H and O–H groups in total. The Bertz CT molecular complexity index is 378. The Morgan fingerprint density at radius 2 is 2.00 bits per heavy atom. The summed E-state index contributed by atoms with van der Waals surface area (Å²) in [5, 5.41) is 3.59. The van der Waals surface area contributed by atoms with Gasteiger partial charge in [0.15, 0.2) is 11.5 Å². The molecule has 2 atom stereocenters. The second-order valence-electron chi connectivity index (χ2n) is 4.69. The summed E-state index contributed by atoms with van der Waals surface area (Å²) < 4.78 is 10.7. The maximum atomic E-state index is 5.39. The summed E-state index contributed by atoms with van der Waals surface area (Å²) in [5.74, 6) is 1.71. The Labute approximate surface area is 103 Å². The maximum absolute atomic E-state index is 5.39. The highest BCUT2D eigenvalue weighted by molar-refractivity contribution is 5.45. The van der Waals surface area contributed by atoms with Crippen LogP contribution in [-0.2, 0) is 0 Å². The van der Waals surface area contributed by atoms with Crippen molar-refractivity contribution < 1.29 is 9.47 Å². The predicted octanol–water partition coefficient (Wildman–Crippen LogP) is 3.25. The van der Waals surface area contributed by atoms with E-state index in [1.54, 1.807) is 0 Å². The zero-order valence-electron chi connectivity index (χ0n) is 10.8. The van der Waals surface area contributed by atoms with E-state index in [0.717, 1.165) is 11.5 Å². The van der Waals surface area contributed by atoms with Crippen LogP contribution in [0.1, 0.15) is 45.2 Å². The van der Waals surface area contributed by atoms with Crippen molar-refractivity contribution in [2.45, 2.75) is 45.7 Å². The molecular weight excluding hydrogens is 214 g/mol. The molecule has 0 spiro atoms. The molecular formula is C14H21NO2. The Morgan fingerprint density at radius 3 is 2.76 bits per heavy atom. The number of benzene rings is 1. The Balaban J connectivity index is 2.01. The lowest BCUT2D eigenvalue weighted by atomic mass is 10.1. The van der Waals surface area contributed by atoms with Gasteiger partial charge in [-0.15, -0.1) is 0 Å². The molecule has 1 aromatic carbocycles. The molecule has 3 heteroatoms. The van der Waals surface area contributed by atoms with E-state index in [9.17, 15) is 0 Å². The van der Waals surface area contributed by atoms with Crippen LogP contribution in [0.25, 0.3) is 0 Å². The predicted molar refractivity (Wildman–Crippen MR) is 68.5 cm³/mol. The molecule has 2 rings (SSSR count). The van der Waals surface area contributed by atoms with E-state index >= 15 is 0 Å². The topological polar surface area (TPSA) is 30.5 Å². The SMILES string of the molecule is CCCC(C)NC(C)c1ccc2c(c1)OCO2. The number of ether oxygens (including phenoxy) is 2. The van der Waals surface area contributed by atoms with Crippen LogP contribution in [0.2, 0.25) is 0 Å². The second-order valence-corrected chi connectivity index (χ2v) is 4.69. The molecule has 0 amide bonds. The summed E-state index contributed by atoms with van der Waals surface area (Å²) in [6.07, 6.45) is 2.41. The van der Waals surface area contributed by atoms with Gasteiger partial charge in [-0.05, 0) is 38.0 Å². The third-order valence-corrected chi connectivity index (χ3v) is 3.15. The first-order chi connectivity index (χ1) is 8.20. The van der Waals surface area contributed by atoms with Crippen LogP contribution < -0.4 is 14.8 Å². The van der Waals surface area contributed by atoms with Gasteiger partial charge in [0.25, 0.3) is 0 Å². The minimum Gasteiger partial charge on any atom is -0.454 e. The lowest BCUT2D eigenvalue weighted by Gasteiger charge is -2.20. The van der Waals surface area contributed by atoms with Crippen molar-refractivity contribution in [2.75, 3.05) is 6.79 Å². The lowest BCUT2D eigenvalue weighted by molar-refractivity contribution is 0.174. The fraction of sp³-hybridized carbons (Fsp3) is 0.571. The van der Waals surface area contributed by atoms with Crippen LogP contribution in [0, 0.1) is 0 Å². The van der Waals surface area contributed by atoms with E-state index in [-0.39, 0.29) is 0 Å². The van der Waals surface area contributed by atoms with Gasteiger partial charge in [0.2, 0.25) is 6.79 Å². The Kier molecular flexibility index (Phi) is 3.89. The number of rotatable bonds is 5. The monoisotopic (exact) mass is 235 g/mol. The molecule has 0 bridgehead atoms. The number of hydrogen-bond donors (Lipinski definition) is 1. The molecule has 1 aliphatic heterocycles. The zero-order valence-corrected chi connectivity index (χ0v) is 10.8. The highest BCUT2D eigenvalue weighted by Crippen LogP contribution is 2.34. The fourth-order valence-corrected chi connectivity index (χ4v) is 2.22. The van der Waals surface area contributed by atoms with Gasteiger partial charge in [0.05, 0.1) is 0 Å². The van der Waals surface area contributed by atoms with E-state index in [0.29, 0.717) is 18.9 Å². The van der Waals surface area contributed by atoms with Gasteiger partial charge in [-0.2, -0.15) is 0 Å². The minimum atomic E-state index is 0.339. The number of nitrogens with one attached hydrogen (secondary N) is 1. The van der Waals surface area contributed by atoms with E-state index in [2.05, 4.69) is 38.2 Å². The van der Waals surface area contributed by atoms with Gasteiger partial charge < -0.3 is 14.8 Å². The summed E-state index contributed by atoms with van der Waals surface area (Å²) >= 11 is 0. The highest BCUT2D eigenvalue weighted by Gasteiger charge is 2.16. The molecule has 1 aromatic rings. The molecule has 17 heavy (non-hydrogen) atoms. The largest absolute Gasteiger partial charge is 0.454 e. The van der Waals surface area contributed by atoms with Crippen molar-refractivity contribution in [1.29, 1.82) is 0 Å². The second kappa shape index (κ2) is 5.41. The minimum absolute atomic E-state index is 0.339. The molecule has 0 radical (unpaired) electrons. The van der Waals surface area contributed by atoms with Crippen LogP contribution in [0.4, 0.5) is 0 Å². The first kappa shape index (κ1) is 12.2. The normalized spacial score (nSPS) is 16.9. The summed E-state index contributed by atoms with van der Waals surface area (Å²) in [7, 11) is 0. The molecule has 0 fully saturated rings. The third-order valence-electron chi connectivity index (χ3n) is 3.15. The Morgan fingerprint density at radius 1 is 1.24 bits per heavy atom. The third kappa shape index (κ3) is 2.91. The molecule has 94 valence electrons. The quantitative estimate of drug-likeness (QED) is 0.849. The van der Waals surface area contributed by atoms with Crippen LogP contribution in [0.3, 0.4) is 0 Å². The molecule has 1 aliphatic rings. The van der Waals surface area contributed by atoms with E-state index in [4.69, 9.17) is 9.47 Å². The average molecular weight is 235 g/mol. The molecule has 1 heterocycles. The fourth-order valence-electron chi connectivity index (χ4n) is 2.22. The van der Waals surface area contributed by atoms with E-state index < -0.39 is 0 Å². The van der Waals surface area contributed by atoms with Crippen molar-refractivity contribution in [3.8, 4) is 11.5 Å².